The van der Waals surface area contributed by atoms with Gasteiger partial charge in [0.15, 0.2) is 0 Å². The molecule has 0 saturated heterocycles. The van der Waals surface area contributed by atoms with Gasteiger partial charge in [0.05, 0.1) is 12.7 Å². The van der Waals surface area contributed by atoms with Crippen LogP contribution in [0.5, 0.6) is 0 Å². The highest BCUT2D eigenvalue weighted by atomic mass is 32.2. The van der Waals surface area contributed by atoms with Gasteiger partial charge in [0.25, 0.3) is 0 Å². The standard InChI is InChI=1S/C12H19N3O5S/c1-8-10(7-11(16)17)9(2)15(12(18)14-8)6-4-5-13-21(3,19)20/h13H,4-7H2,1-3H3,(H,16,17). The highest BCUT2D eigenvalue weighted by Crippen LogP contribution is 2.10. The number of carbonyl (C=O) groups is 1. The summed E-state index contributed by atoms with van der Waals surface area (Å²) in [6, 6.07) is 0. The molecule has 0 bridgehead atoms. The van der Waals surface area contributed by atoms with E-state index >= 15 is 0 Å². The molecule has 0 atom stereocenters. The zero-order valence-electron chi connectivity index (χ0n) is 12.2. The Kier molecular flexibility index (Phi) is 5.62. The maximum Gasteiger partial charge on any atom is 0.347 e. The molecule has 1 heterocycles. The van der Waals surface area contributed by atoms with Gasteiger partial charge in [-0.2, -0.15) is 4.98 Å². The van der Waals surface area contributed by atoms with Gasteiger partial charge in [-0.3, -0.25) is 9.36 Å². The van der Waals surface area contributed by atoms with Crippen molar-refractivity contribution in [2.45, 2.75) is 33.2 Å². The van der Waals surface area contributed by atoms with Crippen LogP contribution in [0.2, 0.25) is 0 Å². The first-order valence-corrected chi connectivity index (χ1v) is 8.24. The van der Waals surface area contributed by atoms with E-state index in [2.05, 4.69) is 9.71 Å². The van der Waals surface area contributed by atoms with Crippen molar-refractivity contribution in [1.29, 1.82) is 0 Å². The number of rotatable bonds is 7. The van der Waals surface area contributed by atoms with Crippen LogP contribution < -0.4 is 10.4 Å². The number of hydrogen-bond acceptors (Lipinski definition) is 5. The summed E-state index contributed by atoms with van der Waals surface area (Å²) in [7, 11) is -3.26. The average Bonchev–Trinajstić information content (AvgIpc) is 2.31. The number of nitrogens with one attached hydrogen (secondary N) is 1. The molecule has 9 heteroatoms. The van der Waals surface area contributed by atoms with Gasteiger partial charge in [0.2, 0.25) is 10.0 Å². The summed E-state index contributed by atoms with van der Waals surface area (Å²) in [6.07, 6.45) is 1.26. The maximum atomic E-state index is 11.9. The molecule has 0 spiro atoms. The molecule has 1 aromatic heterocycles. The van der Waals surface area contributed by atoms with Crippen LogP contribution in [0.25, 0.3) is 0 Å². The van der Waals surface area contributed by atoms with Crippen molar-refractivity contribution in [3.05, 3.63) is 27.4 Å². The van der Waals surface area contributed by atoms with Gasteiger partial charge in [-0.05, 0) is 20.3 Å². The summed E-state index contributed by atoms with van der Waals surface area (Å²) < 4.78 is 25.6. The van der Waals surface area contributed by atoms with Crippen LogP contribution in [0.1, 0.15) is 23.4 Å². The Labute approximate surface area is 122 Å². The van der Waals surface area contributed by atoms with Crippen LogP contribution in [0, 0.1) is 13.8 Å². The number of hydrogen-bond donors (Lipinski definition) is 2. The van der Waals surface area contributed by atoms with E-state index in [1.807, 2.05) is 0 Å². The Morgan fingerprint density at radius 3 is 2.52 bits per heavy atom. The first-order chi connectivity index (χ1) is 9.61. The second-order valence-electron chi connectivity index (χ2n) is 4.79. The van der Waals surface area contributed by atoms with E-state index in [1.54, 1.807) is 13.8 Å². The first kappa shape index (κ1) is 17.3. The van der Waals surface area contributed by atoms with E-state index in [0.717, 1.165) is 6.26 Å². The smallest absolute Gasteiger partial charge is 0.347 e. The lowest BCUT2D eigenvalue weighted by Gasteiger charge is -2.14. The Morgan fingerprint density at radius 2 is 2.00 bits per heavy atom. The Bertz CT molecular complexity index is 694. The van der Waals surface area contributed by atoms with E-state index in [9.17, 15) is 18.0 Å². The lowest BCUT2D eigenvalue weighted by molar-refractivity contribution is -0.136. The number of aliphatic carboxylic acids is 1. The van der Waals surface area contributed by atoms with Crippen molar-refractivity contribution in [2.24, 2.45) is 0 Å². The number of aromatic nitrogens is 2. The average molecular weight is 317 g/mol. The predicted molar refractivity (Wildman–Crippen MR) is 76.8 cm³/mol. The molecule has 2 N–H and O–H groups in total. The van der Waals surface area contributed by atoms with Crippen molar-refractivity contribution in [2.75, 3.05) is 12.8 Å². The minimum absolute atomic E-state index is 0.201. The van der Waals surface area contributed by atoms with E-state index in [4.69, 9.17) is 5.11 Å². The van der Waals surface area contributed by atoms with Crippen LogP contribution in [-0.4, -0.2) is 41.8 Å². The zero-order valence-corrected chi connectivity index (χ0v) is 13.0. The lowest BCUT2D eigenvalue weighted by atomic mass is 10.1. The minimum Gasteiger partial charge on any atom is -0.481 e. The molecule has 118 valence electrons. The molecule has 0 radical (unpaired) electrons. The van der Waals surface area contributed by atoms with Crippen molar-refractivity contribution in [1.82, 2.24) is 14.3 Å². The normalized spacial score (nSPS) is 11.6. The van der Waals surface area contributed by atoms with Crippen LogP contribution >= 0.6 is 0 Å². The molecule has 1 rings (SSSR count). The second kappa shape index (κ2) is 6.81. The number of sulfonamides is 1. The molecule has 0 aliphatic rings. The topological polar surface area (TPSA) is 118 Å². The second-order valence-corrected chi connectivity index (χ2v) is 6.62. The fourth-order valence-electron chi connectivity index (χ4n) is 2.00. The van der Waals surface area contributed by atoms with E-state index in [0.29, 0.717) is 23.4 Å². The van der Waals surface area contributed by atoms with E-state index in [-0.39, 0.29) is 19.5 Å². The van der Waals surface area contributed by atoms with Crippen LogP contribution in [0.4, 0.5) is 0 Å². The molecule has 8 nitrogen and oxygen atoms in total. The minimum atomic E-state index is -3.26. The van der Waals surface area contributed by atoms with Crippen molar-refractivity contribution in [3.63, 3.8) is 0 Å². The zero-order chi connectivity index (χ0) is 16.2. The molecular formula is C12H19N3O5S. The molecule has 1 aromatic rings. The number of aryl methyl sites for hydroxylation is 1. The summed E-state index contributed by atoms with van der Waals surface area (Å²) in [5.74, 6) is -0.994. The SMILES string of the molecule is Cc1nc(=O)n(CCCNS(C)(=O)=O)c(C)c1CC(=O)O. The van der Waals surface area contributed by atoms with Crippen molar-refractivity contribution < 1.29 is 18.3 Å². The van der Waals surface area contributed by atoms with Gasteiger partial charge >= 0.3 is 11.7 Å². The number of nitrogens with zero attached hydrogens (tertiary/aromatic N) is 2. The van der Waals surface area contributed by atoms with E-state index < -0.39 is 21.7 Å². The molecule has 0 aromatic carbocycles. The van der Waals surface area contributed by atoms with Crippen molar-refractivity contribution >= 4 is 16.0 Å². The lowest BCUT2D eigenvalue weighted by Crippen LogP contribution is -2.30. The molecule has 0 amide bonds. The molecule has 0 aliphatic heterocycles. The van der Waals surface area contributed by atoms with Gasteiger partial charge in [0.1, 0.15) is 0 Å². The molecule has 21 heavy (non-hydrogen) atoms. The van der Waals surface area contributed by atoms with Crippen LogP contribution in [0.3, 0.4) is 0 Å². The van der Waals surface area contributed by atoms with Gasteiger partial charge < -0.3 is 5.11 Å². The predicted octanol–water partition coefficient (Wildman–Crippen LogP) is -0.573. The monoisotopic (exact) mass is 317 g/mol. The number of carboxylic acid groups (broad SMARTS) is 1. The Hall–Kier alpha value is -1.74. The summed E-state index contributed by atoms with van der Waals surface area (Å²) in [5.41, 5.74) is 1.01. The highest BCUT2D eigenvalue weighted by Gasteiger charge is 2.14. The van der Waals surface area contributed by atoms with Crippen LogP contribution in [0.15, 0.2) is 4.79 Å². The van der Waals surface area contributed by atoms with Crippen molar-refractivity contribution in [3.8, 4) is 0 Å². The van der Waals surface area contributed by atoms with E-state index in [1.165, 1.54) is 4.57 Å². The fraction of sp³-hybridized carbons (Fsp3) is 0.583. The summed E-state index contributed by atoms with van der Waals surface area (Å²) >= 11 is 0. The summed E-state index contributed by atoms with van der Waals surface area (Å²) in [4.78, 5) is 26.5. The van der Waals surface area contributed by atoms with Gasteiger partial charge in [-0.25, -0.2) is 17.9 Å². The molecule has 0 fully saturated rings. The molecule has 0 unspecified atom stereocenters. The maximum absolute atomic E-state index is 11.9. The molecular weight excluding hydrogens is 298 g/mol. The third kappa shape index (κ3) is 5.27. The largest absolute Gasteiger partial charge is 0.481 e. The third-order valence-corrected chi connectivity index (χ3v) is 3.75. The summed E-state index contributed by atoms with van der Waals surface area (Å²) in [5, 5.41) is 8.89. The Morgan fingerprint density at radius 1 is 1.38 bits per heavy atom. The molecule has 0 aliphatic carbocycles. The van der Waals surface area contributed by atoms with Crippen LogP contribution in [-0.2, 0) is 27.8 Å². The van der Waals surface area contributed by atoms with Gasteiger partial charge in [-0.15, -0.1) is 0 Å². The fourth-order valence-corrected chi connectivity index (χ4v) is 2.52. The van der Waals surface area contributed by atoms with Gasteiger partial charge in [0, 0.05) is 30.0 Å². The third-order valence-electron chi connectivity index (χ3n) is 3.02. The number of carboxylic acids is 1. The highest BCUT2D eigenvalue weighted by molar-refractivity contribution is 7.88. The molecule has 0 saturated carbocycles. The van der Waals surface area contributed by atoms with Gasteiger partial charge in [-0.1, -0.05) is 0 Å². The summed E-state index contributed by atoms with van der Waals surface area (Å²) in [6.45, 7) is 3.74. The first-order valence-electron chi connectivity index (χ1n) is 6.35. The Balaban J connectivity index is 2.92. The quantitative estimate of drug-likeness (QED) is 0.650.